The highest BCUT2D eigenvalue weighted by Crippen LogP contribution is 2.11. The first kappa shape index (κ1) is 18.9. The zero-order chi connectivity index (χ0) is 17.5. The number of carbonyl (C=O) groups excluding carboxylic acids is 2. The van der Waals surface area contributed by atoms with Gasteiger partial charge in [0.15, 0.2) is 0 Å². The van der Waals surface area contributed by atoms with Crippen molar-refractivity contribution in [2.75, 3.05) is 24.2 Å². The number of sulfonamides is 1. The number of rotatable bonds is 7. The molecule has 0 heterocycles. The molecule has 8 nitrogen and oxygen atoms in total. The fourth-order valence-corrected chi connectivity index (χ4v) is 2.60. The molecule has 1 aromatic rings. The van der Waals surface area contributed by atoms with Crippen LogP contribution in [0, 0.1) is 0 Å². The van der Waals surface area contributed by atoms with Gasteiger partial charge < -0.3 is 4.90 Å². The van der Waals surface area contributed by atoms with Crippen LogP contribution in [0.4, 0.5) is 5.69 Å². The number of hydrogen-bond donors (Lipinski definition) is 3. The van der Waals surface area contributed by atoms with Gasteiger partial charge in [-0.2, -0.15) is 0 Å². The maximum absolute atomic E-state index is 11.9. The molecule has 0 fully saturated rings. The molecular weight excluding hydrogens is 320 g/mol. The van der Waals surface area contributed by atoms with Crippen molar-refractivity contribution in [3.8, 4) is 0 Å². The highest BCUT2D eigenvalue weighted by molar-refractivity contribution is 7.88. The summed E-state index contributed by atoms with van der Waals surface area (Å²) in [5.41, 5.74) is 5.35. The molecule has 0 aliphatic carbocycles. The van der Waals surface area contributed by atoms with E-state index in [0.717, 1.165) is 11.9 Å². The van der Waals surface area contributed by atoms with Crippen LogP contribution in [0.15, 0.2) is 30.3 Å². The average molecular weight is 342 g/mol. The van der Waals surface area contributed by atoms with Crippen molar-refractivity contribution in [2.45, 2.75) is 19.9 Å². The molecule has 0 bridgehead atoms. The number of likely N-dealkylation sites (N-methyl/N-ethyl adjacent to an activating group) is 1. The van der Waals surface area contributed by atoms with E-state index in [9.17, 15) is 18.0 Å². The molecule has 23 heavy (non-hydrogen) atoms. The predicted molar refractivity (Wildman–Crippen MR) is 88.1 cm³/mol. The van der Waals surface area contributed by atoms with Crippen LogP contribution in [0.2, 0.25) is 0 Å². The number of para-hydroxylation sites is 1. The Morgan fingerprint density at radius 3 is 2.30 bits per heavy atom. The van der Waals surface area contributed by atoms with Crippen molar-refractivity contribution in [3.63, 3.8) is 0 Å². The van der Waals surface area contributed by atoms with Crippen LogP contribution in [-0.4, -0.2) is 45.6 Å². The number of amides is 2. The number of nitrogens with one attached hydrogen (secondary N) is 3. The lowest BCUT2D eigenvalue weighted by Crippen LogP contribution is -2.52. The Bertz CT molecular complexity index is 633. The molecule has 9 heteroatoms. The van der Waals surface area contributed by atoms with Crippen molar-refractivity contribution >= 4 is 27.5 Å². The van der Waals surface area contributed by atoms with Crippen LogP contribution in [0.25, 0.3) is 0 Å². The molecule has 0 radical (unpaired) electrons. The van der Waals surface area contributed by atoms with Crippen molar-refractivity contribution in [2.24, 2.45) is 0 Å². The van der Waals surface area contributed by atoms with E-state index in [1.807, 2.05) is 42.2 Å². The Balaban J connectivity index is 2.48. The van der Waals surface area contributed by atoms with Gasteiger partial charge in [0.05, 0.1) is 18.8 Å². The summed E-state index contributed by atoms with van der Waals surface area (Å²) in [7, 11) is -3.50. The van der Waals surface area contributed by atoms with Gasteiger partial charge in [-0.25, -0.2) is 13.1 Å². The van der Waals surface area contributed by atoms with Gasteiger partial charge in [0.1, 0.15) is 0 Å². The molecule has 1 unspecified atom stereocenters. The van der Waals surface area contributed by atoms with Crippen molar-refractivity contribution in [3.05, 3.63) is 30.3 Å². The second-order valence-corrected chi connectivity index (χ2v) is 6.78. The van der Waals surface area contributed by atoms with Crippen LogP contribution >= 0.6 is 0 Å². The normalized spacial score (nSPS) is 12.3. The molecule has 2 amide bonds. The third kappa shape index (κ3) is 7.11. The molecule has 0 spiro atoms. The Labute approximate surface area is 136 Å². The van der Waals surface area contributed by atoms with E-state index in [1.54, 1.807) is 0 Å². The van der Waals surface area contributed by atoms with Crippen LogP contribution in [0.3, 0.4) is 0 Å². The van der Waals surface area contributed by atoms with Gasteiger partial charge in [-0.15, -0.1) is 0 Å². The number of carbonyl (C=O) groups is 2. The summed E-state index contributed by atoms with van der Waals surface area (Å²) in [6.45, 7) is 3.98. The third-order valence-corrected chi connectivity index (χ3v) is 3.73. The van der Waals surface area contributed by atoms with E-state index >= 15 is 0 Å². The molecule has 1 rings (SSSR count). The van der Waals surface area contributed by atoms with Crippen molar-refractivity contribution in [1.29, 1.82) is 0 Å². The molecule has 128 valence electrons. The Kier molecular flexibility index (Phi) is 6.98. The maximum Gasteiger partial charge on any atom is 0.257 e. The summed E-state index contributed by atoms with van der Waals surface area (Å²) in [5, 5.41) is 0. The van der Waals surface area contributed by atoms with Crippen LogP contribution in [0.5, 0.6) is 0 Å². The lowest BCUT2D eigenvalue weighted by atomic mass is 10.3. The van der Waals surface area contributed by atoms with Crippen LogP contribution in [-0.2, 0) is 19.6 Å². The molecule has 3 N–H and O–H groups in total. The van der Waals surface area contributed by atoms with Gasteiger partial charge in [0.2, 0.25) is 10.0 Å². The van der Waals surface area contributed by atoms with E-state index in [1.165, 1.54) is 6.92 Å². The van der Waals surface area contributed by atoms with Crippen molar-refractivity contribution < 1.29 is 18.0 Å². The van der Waals surface area contributed by atoms with Gasteiger partial charge in [-0.1, -0.05) is 18.2 Å². The zero-order valence-electron chi connectivity index (χ0n) is 13.4. The van der Waals surface area contributed by atoms with Gasteiger partial charge in [-0.3, -0.25) is 20.4 Å². The highest BCUT2D eigenvalue weighted by atomic mass is 32.2. The summed E-state index contributed by atoms with van der Waals surface area (Å²) < 4.78 is 24.2. The molecule has 0 saturated heterocycles. The molecule has 0 aromatic heterocycles. The molecule has 0 aliphatic rings. The topological polar surface area (TPSA) is 108 Å². The number of benzene rings is 1. The quantitative estimate of drug-likeness (QED) is 0.584. The molecule has 1 aromatic carbocycles. The number of hydrazine groups is 1. The number of hydrogen-bond acceptors (Lipinski definition) is 5. The van der Waals surface area contributed by atoms with E-state index in [0.29, 0.717) is 6.54 Å². The monoisotopic (exact) mass is 342 g/mol. The van der Waals surface area contributed by atoms with Gasteiger partial charge >= 0.3 is 0 Å². The minimum Gasteiger partial charge on any atom is -0.362 e. The first-order chi connectivity index (χ1) is 10.7. The fraction of sp³-hybridized carbons (Fsp3) is 0.429. The minimum absolute atomic E-state index is 0.0642. The molecule has 1 atom stereocenters. The lowest BCUT2D eigenvalue weighted by molar-refractivity contribution is -0.128. The SMILES string of the molecule is CCN(CC(=O)NNC(=O)C(C)NS(C)(=O)=O)c1ccccc1. The maximum atomic E-state index is 11.9. The van der Waals surface area contributed by atoms with Crippen LogP contribution < -0.4 is 20.5 Å². The second kappa shape index (κ2) is 8.49. The first-order valence-electron chi connectivity index (χ1n) is 7.09. The smallest absolute Gasteiger partial charge is 0.257 e. The molecular formula is C14H22N4O4S. The predicted octanol–water partition coefficient (Wildman–Crippen LogP) is -0.402. The van der Waals surface area contributed by atoms with Gasteiger partial charge in [0, 0.05) is 12.2 Å². The van der Waals surface area contributed by atoms with Gasteiger partial charge in [-0.05, 0) is 26.0 Å². The van der Waals surface area contributed by atoms with Crippen LogP contribution in [0.1, 0.15) is 13.8 Å². The Morgan fingerprint density at radius 2 is 1.78 bits per heavy atom. The summed E-state index contributed by atoms with van der Waals surface area (Å²) in [6.07, 6.45) is 0.953. The Morgan fingerprint density at radius 1 is 1.17 bits per heavy atom. The lowest BCUT2D eigenvalue weighted by Gasteiger charge is -2.22. The van der Waals surface area contributed by atoms with E-state index in [4.69, 9.17) is 0 Å². The van der Waals surface area contributed by atoms with Crippen molar-refractivity contribution in [1.82, 2.24) is 15.6 Å². The standard InChI is InChI=1S/C14H22N4O4S/c1-4-18(12-8-6-5-7-9-12)10-13(19)15-16-14(20)11(2)17-23(3,21)22/h5-9,11,17H,4,10H2,1-3H3,(H,15,19)(H,16,20). The largest absolute Gasteiger partial charge is 0.362 e. The van der Waals surface area contributed by atoms with E-state index in [-0.39, 0.29) is 6.54 Å². The third-order valence-electron chi connectivity index (χ3n) is 2.95. The zero-order valence-corrected chi connectivity index (χ0v) is 14.2. The number of anilines is 1. The first-order valence-corrected chi connectivity index (χ1v) is 8.98. The average Bonchev–Trinajstić information content (AvgIpc) is 2.49. The van der Waals surface area contributed by atoms with E-state index < -0.39 is 27.9 Å². The number of nitrogens with zero attached hydrogens (tertiary/aromatic N) is 1. The summed E-state index contributed by atoms with van der Waals surface area (Å²) in [6, 6.07) is 8.41. The summed E-state index contributed by atoms with van der Waals surface area (Å²) in [5.74, 6) is -1.05. The second-order valence-electron chi connectivity index (χ2n) is 5.00. The fourth-order valence-electron chi connectivity index (χ4n) is 1.85. The minimum atomic E-state index is -3.50. The van der Waals surface area contributed by atoms with Gasteiger partial charge in [0.25, 0.3) is 11.8 Å². The highest BCUT2D eigenvalue weighted by Gasteiger charge is 2.17. The van der Waals surface area contributed by atoms with E-state index in [2.05, 4.69) is 15.6 Å². The Hall–Kier alpha value is -2.13. The summed E-state index contributed by atoms with van der Waals surface area (Å²) >= 11 is 0. The summed E-state index contributed by atoms with van der Waals surface area (Å²) in [4.78, 5) is 25.4. The molecule has 0 saturated carbocycles. The molecule has 0 aliphatic heterocycles.